The standard InChI is InChI=1S/C12H17N3O5/c1-6-8(7(2)14-12(19)13-6)4-10(16)15-9(5-20-3)11(17)18/h9H,4-5H2,1-3H3,(H,15,16)(H,17,18)(H,13,14,19). The van der Waals surface area contributed by atoms with Crippen molar-refractivity contribution in [2.45, 2.75) is 26.3 Å². The zero-order chi connectivity index (χ0) is 15.3. The first-order chi connectivity index (χ1) is 9.35. The quantitative estimate of drug-likeness (QED) is 0.625. The van der Waals surface area contributed by atoms with Crippen LogP contribution in [0.25, 0.3) is 0 Å². The lowest BCUT2D eigenvalue weighted by Crippen LogP contribution is -2.44. The summed E-state index contributed by atoms with van der Waals surface area (Å²) < 4.78 is 4.72. The molecule has 0 aliphatic heterocycles. The Morgan fingerprint density at radius 1 is 1.45 bits per heavy atom. The predicted octanol–water partition coefficient (Wildman–Crippen LogP) is -0.855. The van der Waals surface area contributed by atoms with Crippen LogP contribution in [0, 0.1) is 13.8 Å². The van der Waals surface area contributed by atoms with E-state index in [1.54, 1.807) is 13.8 Å². The minimum atomic E-state index is -1.17. The van der Waals surface area contributed by atoms with E-state index in [2.05, 4.69) is 15.3 Å². The van der Waals surface area contributed by atoms with Crippen molar-refractivity contribution in [2.75, 3.05) is 13.7 Å². The molecule has 0 aliphatic carbocycles. The monoisotopic (exact) mass is 283 g/mol. The third kappa shape index (κ3) is 4.16. The van der Waals surface area contributed by atoms with Crippen molar-refractivity contribution in [3.05, 3.63) is 27.4 Å². The van der Waals surface area contributed by atoms with Crippen LogP contribution in [-0.4, -0.2) is 46.7 Å². The highest BCUT2D eigenvalue weighted by Crippen LogP contribution is 2.07. The van der Waals surface area contributed by atoms with Gasteiger partial charge in [-0.05, 0) is 13.8 Å². The lowest BCUT2D eigenvalue weighted by Gasteiger charge is -2.14. The van der Waals surface area contributed by atoms with Gasteiger partial charge in [-0.1, -0.05) is 0 Å². The third-order valence-corrected chi connectivity index (χ3v) is 2.76. The lowest BCUT2D eigenvalue weighted by atomic mass is 10.1. The number of H-pyrrole nitrogens is 1. The van der Waals surface area contributed by atoms with Gasteiger partial charge in [0.25, 0.3) is 0 Å². The van der Waals surface area contributed by atoms with Gasteiger partial charge in [-0.3, -0.25) is 4.79 Å². The van der Waals surface area contributed by atoms with E-state index in [1.807, 2.05) is 0 Å². The lowest BCUT2D eigenvalue weighted by molar-refractivity contribution is -0.143. The van der Waals surface area contributed by atoms with Gasteiger partial charge >= 0.3 is 11.7 Å². The summed E-state index contributed by atoms with van der Waals surface area (Å²) in [7, 11) is 1.35. The Bertz CT molecular complexity index is 540. The van der Waals surface area contributed by atoms with E-state index >= 15 is 0 Å². The van der Waals surface area contributed by atoms with Crippen LogP contribution >= 0.6 is 0 Å². The molecule has 0 saturated carbocycles. The molecule has 0 fully saturated rings. The van der Waals surface area contributed by atoms with Gasteiger partial charge in [0.15, 0.2) is 6.04 Å². The Kier molecular flexibility index (Phi) is 5.39. The van der Waals surface area contributed by atoms with Crippen molar-refractivity contribution < 1.29 is 19.4 Å². The summed E-state index contributed by atoms with van der Waals surface area (Å²) in [5.41, 5.74) is 1.08. The first-order valence-electron chi connectivity index (χ1n) is 5.92. The van der Waals surface area contributed by atoms with Crippen molar-refractivity contribution in [2.24, 2.45) is 0 Å². The number of aromatic nitrogens is 2. The maximum Gasteiger partial charge on any atom is 0.345 e. The molecule has 0 aliphatic rings. The first-order valence-corrected chi connectivity index (χ1v) is 5.92. The van der Waals surface area contributed by atoms with E-state index in [1.165, 1.54) is 7.11 Å². The number of nitrogens with one attached hydrogen (secondary N) is 2. The van der Waals surface area contributed by atoms with E-state index < -0.39 is 23.6 Å². The summed E-state index contributed by atoms with van der Waals surface area (Å²) >= 11 is 0. The molecular weight excluding hydrogens is 266 g/mol. The summed E-state index contributed by atoms with van der Waals surface area (Å²) in [5.74, 6) is -1.65. The van der Waals surface area contributed by atoms with Gasteiger partial charge in [0.1, 0.15) is 0 Å². The number of hydrogen-bond acceptors (Lipinski definition) is 5. The van der Waals surface area contributed by atoms with E-state index in [9.17, 15) is 14.4 Å². The van der Waals surface area contributed by atoms with Gasteiger partial charge in [-0.25, -0.2) is 9.59 Å². The Morgan fingerprint density at radius 3 is 2.60 bits per heavy atom. The Balaban J connectivity index is 2.81. The fourth-order valence-electron chi connectivity index (χ4n) is 1.76. The number of hydrogen-bond donors (Lipinski definition) is 3. The highest BCUT2D eigenvalue weighted by Gasteiger charge is 2.20. The SMILES string of the molecule is COCC(NC(=O)Cc1c(C)nc(=O)[nH]c1C)C(=O)O. The number of nitrogens with zero attached hydrogens (tertiary/aromatic N) is 1. The highest BCUT2D eigenvalue weighted by molar-refractivity contribution is 5.85. The number of carboxylic acids is 1. The summed E-state index contributed by atoms with van der Waals surface area (Å²) in [4.78, 5) is 40.1. The Labute approximate surface area is 115 Å². The molecule has 1 rings (SSSR count). The largest absolute Gasteiger partial charge is 0.480 e. The van der Waals surface area contributed by atoms with Crippen molar-refractivity contribution >= 4 is 11.9 Å². The summed E-state index contributed by atoms with van der Waals surface area (Å²) in [6, 6.07) is -1.11. The van der Waals surface area contributed by atoms with Gasteiger partial charge in [0.05, 0.1) is 13.0 Å². The predicted molar refractivity (Wildman–Crippen MR) is 69.5 cm³/mol. The van der Waals surface area contributed by atoms with Crippen molar-refractivity contribution in [1.82, 2.24) is 15.3 Å². The molecule has 0 spiro atoms. The number of aromatic amines is 1. The zero-order valence-corrected chi connectivity index (χ0v) is 11.5. The van der Waals surface area contributed by atoms with Gasteiger partial charge in [0.2, 0.25) is 5.91 Å². The molecule has 3 N–H and O–H groups in total. The molecule has 1 amide bonds. The van der Waals surface area contributed by atoms with Gasteiger partial charge in [-0.15, -0.1) is 0 Å². The van der Waals surface area contributed by atoms with Crippen LogP contribution < -0.4 is 11.0 Å². The summed E-state index contributed by atoms with van der Waals surface area (Å²) in [6.45, 7) is 3.15. The molecule has 8 nitrogen and oxygen atoms in total. The van der Waals surface area contributed by atoms with Crippen LogP contribution in [0.15, 0.2) is 4.79 Å². The molecule has 0 bridgehead atoms. The molecule has 20 heavy (non-hydrogen) atoms. The number of ether oxygens (including phenoxy) is 1. The normalized spacial score (nSPS) is 11.9. The number of methoxy groups -OCH3 is 1. The number of aryl methyl sites for hydroxylation is 2. The number of rotatable bonds is 6. The van der Waals surface area contributed by atoms with Crippen molar-refractivity contribution in [3.63, 3.8) is 0 Å². The third-order valence-electron chi connectivity index (χ3n) is 2.76. The average Bonchev–Trinajstić information content (AvgIpc) is 2.33. The number of aliphatic carboxylic acids is 1. The molecule has 1 atom stereocenters. The molecule has 1 unspecified atom stereocenters. The number of carbonyl (C=O) groups excluding carboxylic acids is 1. The number of carbonyl (C=O) groups is 2. The summed E-state index contributed by atoms with van der Waals surface area (Å²) in [6.07, 6.45) is -0.0606. The molecule has 1 aromatic heterocycles. The molecule has 110 valence electrons. The maximum atomic E-state index is 11.8. The molecule has 8 heteroatoms. The van der Waals surface area contributed by atoms with E-state index in [4.69, 9.17) is 9.84 Å². The second-order valence-electron chi connectivity index (χ2n) is 4.32. The molecule has 0 aromatic carbocycles. The fraction of sp³-hybridized carbons (Fsp3) is 0.500. The van der Waals surface area contributed by atoms with Crippen LogP contribution in [-0.2, 0) is 20.7 Å². The number of amides is 1. The van der Waals surface area contributed by atoms with E-state index in [-0.39, 0.29) is 13.0 Å². The smallest absolute Gasteiger partial charge is 0.345 e. The first kappa shape index (κ1) is 15.8. The molecule has 1 aromatic rings. The average molecular weight is 283 g/mol. The molecular formula is C12H17N3O5. The van der Waals surface area contributed by atoms with Crippen molar-refractivity contribution in [1.29, 1.82) is 0 Å². The number of carboxylic acid groups (broad SMARTS) is 1. The van der Waals surface area contributed by atoms with E-state index in [0.29, 0.717) is 17.0 Å². The van der Waals surface area contributed by atoms with Crippen LogP contribution in [0.2, 0.25) is 0 Å². The molecule has 0 saturated heterocycles. The van der Waals surface area contributed by atoms with Gasteiger partial charge in [-0.2, -0.15) is 4.98 Å². The second-order valence-corrected chi connectivity index (χ2v) is 4.32. The summed E-state index contributed by atoms with van der Waals surface area (Å²) in [5, 5.41) is 11.3. The van der Waals surface area contributed by atoms with Crippen LogP contribution in [0.5, 0.6) is 0 Å². The van der Waals surface area contributed by atoms with Crippen molar-refractivity contribution in [3.8, 4) is 0 Å². The van der Waals surface area contributed by atoms with Gasteiger partial charge in [0, 0.05) is 24.1 Å². The topological polar surface area (TPSA) is 121 Å². The minimum absolute atomic E-state index is 0.0606. The maximum absolute atomic E-state index is 11.8. The highest BCUT2D eigenvalue weighted by atomic mass is 16.5. The van der Waals surface area contributed by atoms with Crippen LogP contribution in [0.3, 0.4) is 0 Å². The van der Waals surface area contributed by atoms with Gasteiger partial charge < -0.3 is 20.1 Å². The second kappa shape index (κ2) is 6.80. The van der Waals surface area contributed by atoms with Crippen LogP contribution in [0.1, 0.15) is 17.0 Å². The fourth-order valence-corrected chi connectivity index (χ4v) is 1.76. The Hall–Kier alpha value is -2.22. The molecule has 0 radical (unpaired) electrons. The minimum Gasteiger partial charge on any atom is -0.480 e. The molecule has 1 heterocycles. The van der Waals surface area contributed by atoms with E-state index in [0.717, 1.165) is 0 Å². The Morgan fingerprint density at radius 2 is 2.10 bits per heavy atom. The van der Waals surface area contributed by atoms with Crippen LogP contribution in [0.4, 0.5) is 0 Å². The zero-order valence-electron chi connectivity index (χ0n) is 11.5.